The van der Waals surface area contributed by atoms with E-state index in [1.807, 2.05) is 0 Å². The van der Waals surface area contributed by atoms with Gasteiger partial charge >= 0.3 is 0 Å². The number of nitrogens with zero attached hydrogens (tertiary/aromatic N) is 1. The van der Waals surface area contributed by atoms with Crippen LogP contribution < -0.4 is 5.32 Å². The Bertz CT molecular complexity index is 423. The largest absolute Gasteiger partial charge is 0.304 e. The monoisotopic (exact) mass is 228 g/mol. The average Bonchev–Trinajstić information content (AvgIpc) is 2.27. The average molecular weight is 228 g/mol. The lowest BCUT2D eigenvalue weighted by Crippen LogP contribution is -2.40. The zero-order chi connectivity index (χ0) is 11.7. The van der Waals surface area contributed by atoms with Crippen LogP contribution in [0.1, 0.15) is 11.1 Å². The fourth-order valence-corrected chi connectivity index (χ4v) is 1.82. The van der Waals surface area contributed by atoms with Crippen LogP contribution in [0.3, 0.4) is 0 Å². The molecule has 4 nitrogen and oxygen atoms in total. The van der Waals surface area contributed by atoms with Gasteiger partial charge in [0, 0.05) is 18.7 Å². The predicted octanol–water partition coefficient (Wildman–Crippen LogP) is 1.87. The standard InChI is InChI=1S/C10H10F2N2O2/c11-10(12)9-4-6-1-2-8(14(15)16)3-7(6)5-13-9/h1-3,9-10,13H,4-5H2/t9-/m1/s1. The van der Waals surface area contributed by atoms with Crippen molar-refractivity contribution in [3.05, 3.63) is 39.4 Å². The fourth-order valence-electron chi connectivity index (χ4n) is 1.82. The van der Waals surface area contributed by atoms with E-state index < -0.39 is 17.4 Å². The third-order valence-corrected chi connectivity index (χ3v) is 2.70. The first-order chi connectivity index (χ1) is 7.58. The van der Waals surface area contributed by atoms with Crippen LogP contribution >= 0.6 is 0 Å². The summed E-state index contributed by atoms with van der Waals surface area (Å²) in [4.78, 5) is 10.0. The van der Waals surface area contributed by atoms with Crippen molar-refractivity contribution in [2.75, 3.05) is 0 Å². The van der Waals surface area contributed by atoms with Gasteiger partial charge in [-0.05, 0) is 17.5 Å². The van der Waals surface area contributed by atoms with Crippen LogP contribution in [0.5, 0.6) is 0 Å². The van der Waals surface area contributed by atoms with E-state index in [4.69, 9.17) is 0 Å². The van der Waals surface area contributed by atoms with Crippen molar-refractivity contribution < 1.29 is 13.7 Å². The fraction of sp³-hybridized carbons (Fsp3) is 0.400. The lowest BCUT2D eigenvalue weighted by Gasteiger charge is -2.25. The summed E-state index contributed by atoms with van der Waals surface area (Å²) in [6.07, 6.45) is -2.20. The van der Waals surface area contributed by atoms with Crippen molar-refractivity contribution in [2.45, 2.75) is 25.4 Å². The van der Waals surface area contributed by atoms with Crippen molar-refractivity contribution >= 4 is 5.69 Å². The Morgan fingerprint density at radius 3 is 2.81 bits per heavy atom. The van der Waals surface area contributed by atoms with Crippen LogP contribution in [0, 0.1) is 10.1 Å². The van der Waals surface area contributed by atoms with Gasteiger partial charge in [0.15, 0.2) is 0 Å². The van der Waals surface area contributed by atoms with Gasteiger partial charge in [0.2, 0.25) is 0 Å². The molecule has 1 heterocycles. The number of benzene rings is 1. The second kappa shape index (κ2) is 4.13. The van der Waals surface area contributed by atoms with Gasteiger partial charge in [-0.1, -0.05) is 6.07 Å². The van der Waals surface area contributed by atoms with Crippen LogP contribution in [0.25, 0.3) is 0 Å². The van der Waals surface area contributed by atoms with Gasteiger partial charge in [-0.25, -0.2) is 8.78 Å². The van der Waals surface area contributed by atoms with Crippen LogP contribution in [0.2, 0.25) is 0 Å². The molecule has 1 aliphatic heterocycles. The van der Waals surface area contributed by atoms with Gasteiger partial charge in [0.25, 0.3) is 12.1 Å². The number of fused-ring (bicyclic) bond motifs is 1. The second-order valence-corrected chi connectivity index (χ2v) is 3.74. The summed E-state index contributed by atoms with van der Waals surface area (Å²) >= 11 is 0. The molecule has 1 N–H and O–H groups in total. The molecule has 86 valence electrons. The van der Waals surface area contributed by atoms with Gasteiger partial charge < -0.3 is 5.32 Å². The quantitative estimate of drug-likeness (QED) is 0.621. The predicted molar refractivity (Wildman–Crippen MR) is 53.4 cm³/mol. The van der Waals surface area contributed by atoms with Crippen molar-refractivity contribution in [3.63, 3.8) is 0 Å². The maximum Gasteiger partial charge on any atom is 0.269 e. The minimum absolute atomic E-state index is 0.00366. The maximum absolute atomic E-state index is 12.5. The summed E-state index contributed by atoms with van der Waals surface area (Å²) in [5.41, 5.74) is 1.48. The Morgan fingerprint density at radius 2 is 2.19 bits per heavy atom. The van der Waals surface area contributed by atoms with E-state index in [-0.39, 0.29) is 18.7 Å². The number of non-ortho nitro benzene ring substituents is 1. The van der Waals surface area contributed by atoms with Crippen molar-refractivity contribution in [3.8, 4) is 0 Å². The molecule has 1 atom stereocenters. The number of nitro groups is 1. The molecule has 2 rings (SSSR count). The third-order valence-electron chi connectivity index (χ3n) is 2.70. The number of halogens is 2. The molecule has 1 aliphatic rings. The summed E-state index contributed by atoms with van der Waals surface area (Å²) in [6, 6.07) is 3.49. The number of hydrogen-bond donors (Lipinski definition) is 1. The molecule has 16 heavy (non-hydrogen) atoms. The number of nitro benzene ring substituents is 1. The van der Waals surface area contributed by atoms with Gasteiger partial charge in [-0.3, -0.25) is 10.1 Å². The minimum atomic E-state index is -2.41. The topological polar surface area (TPSA) is 55.2 Å². The number of alkyl halides is 2. The first-order valence-electron chi connectivity index (χ1n) is 4.85. The summed E-state index contributed by atoms with van der Waals surface area (Å²) < 4.78 is 24.9. The molecule has 0 fully saturated rings. The zero-order valence-corrected chi connectivity index (χ0v) is 8.32. The van der Waals surface area contributed by atoms with Crippen LogP contribution in [0.4, 0.5) is 14.5 Å². The van der Waals surface area contributed by atoms with E-state index in [1.54, 1.807) is 6.07 Å². The molecule has 1 aromatic rings. The minimum Gasteiger partial charge on any atom is -0.304 e. The summed E-state index contributed by atoms with van der Waals surface area (Å²) in [5, 5.41) is 13.2. The lowest BCUT2D eigenvalue weighted by molar-refractivity contribution is -0.384. The molecular formula is C10H10F2N2O2. The number of nitrogens with one attached hydrogen (secondary N) is 1. The van der Waals surface area contributed by atoms with Gasteiger partial charge in [0.05, 0.1) is 11.0 Å². The highest BCUT2D eigenvalue weighted by atomic mass is 19.3. The molecule has 1 aromatic carbocycles. The molecule has 0 spiro atoms. The highest BCUT2D eigenvalue weighted by Crippen LogP contribution is 2.23. The molecular weight excluding hydrogens is 218 g/mol. The first kappa shape index (κ1) is 10.9. The smallest absolute Gasteiger partial charge is 0.269 e. The van der Waals surface area contributed by atoms with Gasteiger partial charge in [-0.15, -0.1) is 0 Å². The number of rotatable bonds is 2. The zero-order valence-electron chi connectivity index (χ0n) is 8.32. The molecule has 0 unspecified atom stereocenters. The Hall–Kier alpha value is -1.56. The highest BCUT2D eigenvalue weighted by Gasteiger charge is 2.26. The molecule has 0 amide bonds. The van der Waals surface area contributed by atoms with Gasteiger partial charge in [-0.2, -0.15) is 0 Å². The molecule has 0 saturated heterocycles. The normalized spacial score (nSPS) is 19.6. The first-order valence-corrected chi connectivity index (χ1v) is 4.85. The molecule has 0 bridgehead atoms. The Kier molecular flexibility index (Phi) is 2.82. The number of hydrogen-bond acceptors (Lipinski definition) is 3. The molecule has 6 heteroatoms. The van der Waals surface area contributed by atoms with Gasteiger partial charge in [0.1, 0.15) is 0 Å². The van der Waals surface area contributed by atoms with E-state index in [1.165, 1.54) is 12.1 Å². The third kappa shape index (κ3) is 2.01. The SMILES string of the molecule is O=[N+]([O-])c1ccc2c(c1)CN[C@@H](C(F)F)C2. The van der Waals surface area contributed by atoms with E-state index in [9.17, 15) is 18.9 Å². The highest BCUT2D eigenvalue weighted by molar-refractivity contribution is 5.41. The Labute approximate surface area is 90.4 Å². The van der Waals surface area contributed by atoms with E-state index in [0.29, 0.717) is 0 Å². The van der Waals surface area contributed by atoms with Crippen molar-refractivity contribution in [1.29, 1.82) is 0 Å². The lowest BCUT2D eigenvalue weighted by atomic mass is 9.95. The van der Waals surface area contributed by atoms with Crippen LogP contribution in [-0.2, 0) is 13.0 Å². The van der Waals surface area contributed by atoms with Crippen molar-refractivity contribution in [1.82, 2.24) is 5.32 Å². The molecule has 0 aromatic heterocycles. The Balaban J connectivity index is 2.25. The second-order valence-electron chi connectivity index (χ2n) is 3.74. The summed E-state index contributed by atoms with van der Waals surface area (Å²) in [7, 11) is 0. The van der Waals surface area contributed by atoms with Crippen LogP contribution in [0.15, 0.2) is 18.2 Å². The maximum atomic E-state index is 12.5. The van der Waals surface area contributed by atoms with Crippen molar-refractivity contribution in [2.24, 2.45) is 0 Å². The van der Waals surface area contributed by atoms with E-state index in [2.05, 4.69) is 5.32 Å². The van der Waals surface area contributed by atoms with E-state index >= 15 is 0 Å². The Morgan fingerprint density at radius 1 is 1.44 bits per heavy atom. The summed E-state index contributed by atoms with van der Waals surface area (Å²) in [6.45, 7) is 0.256. The van der Waals surface area contributed by atoms with E-state index in [0.717, 1.165) is 11.1 Å². The molecule has 0 saturated carbocycles. The molecule has 0 aliphatic carbocycles. The van der Waals surface area contributed by atoms with Crippen LogP contribution in [-0.4, -0.2) is 17.4 Å². The summed E-state index contributed by atoms with van der Waals surface area (Å²) in [5.74, 6) is 0. The molecule has 0 radical (unpaired) electrons.